The molecule has 2 heterocycles. The molecular formula is C12H14N2O4. The highest BCUT2D eigenvalue weighted by Crippen LogP contribution is 2.17. The molecule has 0 aliphatic heterocycles. The maximum atomic E-state index is 11.2. The lowest BCUT2D eigenvalue weighted by atomic mass is 10.2. The molecule has 0 bridgehead atoms. The summed E-state index contributed by atoms with van der Waals surface area (Å²) in [4.78, 5) is 11.2. The minimum atomic E-state index is -0.483. The third-order valence-electron chi connectivity index (χ3n) is 2.51. The Morgan fingerprint density at radius 2 is 2.33 bits per heavy atom. The number of carbonyl (C=O) groups excluding carboxylic acids is 1. The van der Waals surface area contributed by atoms with Crippen LogP contribution in [0.3, 0.4) is 0 Å². The van der Waals surface area contributed by atoms with E-state index in [1.54, 1.807) is 24.4 Å². The van der Waals surface area contributed by atoms with Gasteiger partial charge in [-0.1, -0.05) is 5.16 Å². The average molecular weight is 250 g/mol. The molecule has 2 aromatic rings. The minimum Gasteiger partial charge on any atom is -0.463 e. The number of furan rings is 1. The van der Waals surface area contributed by atoms with Gasteiger partial charge < -0.3 is 19.0 Å². The van der Waals surface area contributed by atoms with Crippen molar-refractivity contribution in [3.8, 4) is 0 Å². The molecule has 0 radical (unpaired) electrons. The number of nitrogens with zero attached hydrogens (tertiary/aromatic N) is 1. The first-order valence-electron chi connectivity index (χ1n) is 5.51. The third kappa shape index (κ3) is 2.78. The highest BCUT2D eigenvalue weighted by Gasteiger charge is 2.15. The number of methoxy groups -OCH3 is 1. The number of esters is 1. The Balaban J connectivity index is 1.94. The quantitative estimate of drug-likeness (QED) is 0.817. The van der Waals surface area contributed by atoms with Crippen LogP contribution >= 0.6 is 0 Å². The zero-order chi connectivity index (χ0) is 13.0. The number of carbonyl (C=O) groups is 1. The summed E-state index contributed by atoms with van der Waals surface area (Å²) in [5.41, 5.74) is 0. The van der Waals surface area contributed by atoms with Crippen LogP contribution in [0, 0.1) is 0 Å². The van der Waals surface area contributed by atoms with Crippen molar-refractivity contribution in [1.82, 2.24) is 10.5 Å². The Bertz CT molecular complexity index is 504. The minimum absolute atomic E-state index is 0.0477. The molecule has 0 amide bonds. The molecule has 2 rings (SSSR count). The fourth-order valence-corrected chi connectivity index (χ4v) is 1.48. The van der Waals surface area contributed by atoms with Crippen molar-refractivity contribution in [3.05, 3.63) is 41.7 Å². The lowest BCUT2D eigenvalue weighted by molar-refractivity contribution is 0.0562. The van der Waals surface area contributed by atoms with Crippen molar-refractivity contribution in [3.63, 3.8) is 0 Å². The average Bonchev–Trinajstić information content (AvgIpc) is 3.05. The summed E-state index contributed by atoms with van der Waals surface area (Å²) in [6.45, 7) is 2.46. The summed E-state index contributed by atoms with van der Waals surface area (Å²) in [6.07, 6.45) is 1.59. The monoisotopic (exact) mass is 250 g/mol. The molecule has 0 saturated carbocycles. The summed E-state index contributed by atoms with van der Waals surface area (Å²) < 4.78 is 14.9. The van der Waals surface area contributed by atoms with Gasteiger partial charge in [0.05, 0.1) is 25.9 Å². The van der Waals surface area contributed by atoms with Crippen molar-refractivity contribution >= 4 is 5.97 Å². The highest BCUT2D eigenvalue weighted by molar-refractivity contribution is 5.86. The van der Waals surface area contributed by atoms with Crippen LogP contribution in [0.2, 0.25) is 0 Å². The fraction of sp³-hybridized carbons (Fsp3) is 0.333. The molecule has 0 saturated heterocycles. The molecule has 0 aliphatic rings. The van der Waals surface area contributed by atoms with Crippen LogP contribution in [0.4, 0.5) is 0 Å². The Morgan fingerprint density at radius 3 is 3.00 bits per heavy atom. The van der Waals surface area contributed by atoms with E-state index in [4.69, 9.17) is 8.94 Å². The van der Waals surface area contributed by atoms with Crippen molar-refractivity contribution < 1.29 is 18.5 Å². The predicted molar refractivity (Wildman–Crippen MR) is 61.8 cm³/mol. The summed E-state index contributed by atoms with van der Waals surface area (Å²) in [7, 11) is 1.32. The largest absolute Gasteiger partial charge is 0.463 e. The molecule has 1 atom stereocenters. The van der Waals surface area contributed by atoms with Gasteiger partial charge in [0, 0.05) is 6.07 Å². The number of hydrogen-bond acceptors (Lipinski definition) is 6. The van der Waals surface area contributed by atoms with Gasteiger partial charge in [-0.05, 0) is 19.1 Å². The van der Waals surface area contributed by atoms with Gasteiger partial charge in [-0.2, -0.15) is 0 Å². The molecule has 96 valence electrons. The molecule has 6 nitrogen and oxygen atoms in total. The van der Waals surface area contributed by atoms with Gasteiger partial charge in [0.15, 0.2) is 0 Å². The predicted octanol–water partition coefficient (Wildman–Crippen LogP) is 1.91. The first-order valence-corrected chi connectivity index (χ1v) is 5.51. The van der Waals surface area contributed by atoms with Crippen molar-refractivity contribution in [2.75, 3.05) is 7.11 Å². The topological polar surface area (TPSA) is 77.5 Å². The molecule has 1 N–H and O–H groups in total. The fourth-order valence-electron chi connectivity index (χ4n) is 1.48. The third-order valence-corrected chi connectivity index (χ3v) is 2.51. The van der Waals surface area contributed by atoms with Crippen molar-refractivity contribution in [1.29, 1.82) is 0 Å². The van der Waals surface area contributed by atoms with Gasteiger partial charge in [0.2, 0.25) is 5.76 Å². The zero-order valence-electron chi connectivity index (χ0n) is 10.2. The second kappa shape index (κ2) is 5.50. The maximum Gasteiger partial charge on any atom is 0.373 e. The van der Waals surface area contributed by atoms with E-state index in [2.05, 4.69) is 15.2 Å². The van der Waals surface area contributed by atoms with E-state index in [9.17, 15) is 4.79 Å². The van der Waals surface area contributed by atoms with Crippen LogP contribution in [0.15, 0.2) is 33.3 Å². The smallest absolute Gasteiger partial charge is 0.373 e. The Kier molecular flexibility index (Phi) is 3.78. The number of aromatic nitrogens is 1. The van der Waals surface area contributed by atoms with Crippen LogP contribution < -0.4 is 5.32 Å². The lowest BCUT2D eigenvalue weighted by Crippen LogP contribution is -2.17. The zero-order valence-corrected chi connectivity index (χ0v) is 10.2. The van der Waals surface area contributed by atoms with E-state index in [1.165, 1.54) is 7.11 Å². The van der Waals surface area contributed by atoms with E-state index in [0.29, 0.717) is 12.3 Å². The van der Waals surface area contributed by atoms with Gasteiger partial charge in [-0.15, -0.1) is 0 Å². The number of hydrogen-bond donors (Lipinski definition) is 1. The van der Waals surface area contributed by atoms with Crippen LogP contribution in [-0.2, 0) is 11.3 Å². The van der Waals surface area contributed by atoms with Crippen molar-refractivity contribution in [2.24, 2.45) is 0 Å². The SMILES string of the molecule is COC(=O)c1ccc(C(C)NCc2ccno2)o1. The Hall–Kier alpha value is -2.08. The van der Waals surface area contributed by atoms with Gasteiger partial charge in [0.1, 0.15) is 11.5 Å². The van der Waals surface area contributed by atoms with E-state index < -0.39 is 5.97 Å². The Morgan fingerprint density at radius 1 is 1.50 bits per heavy atom. The van der Waals surface area contributed by atoms with E-state index >= 15 is 0 Å². The van der Waals surface area contributed by atoms with E-state index in [1.807, 2.05) is 6.92 Å². The molecule has 18 heavy (non-hydrogen) atoms. The first kappa shape index (κ1) is 12.4. The molecule has 6 heteroatoms. The van der Waals surface area contributed by atoms with Gasteiger partial charge in [-0.3, -0.25) is 0 Å². The summed E-state index contributed by atoms with van der Waals surface area (Å²) in [5.74, 6) is 1.11. The second-order valence-corrected chi connectivity index (χ2v) is 3.77. The van der Waals surface area contributed by atoms with E-state index in [-0.39, 0.29) is 11.8 Å². The molecule has 0 aromatic carbocycles. The first-order chi connectivity index (χ1) is 8.70. The highest BCUT2D eigenvalue weighted by atomic mass is 16.5. The van der Waals surface area contributed by atoms with Crippen LogP contribution in [-0.4, -0.2) is 18.2 Å². The number of nitrogens with one attached hydrogen (secondary N) is 1. The van der Waals surface area contributed by atoms with Crippen LogP contribution in [0.5, 0.6) is 0 Å². The standard InChI is InChI=1S/C12H14N2O4/c1-8(13-7-9-5-6-14-18-9)10-3-4-11(17-10)12(15)16-2/h3-6,8,13H,7H2,1-2H3. The Labute approximate surface area is 104 Å². The lowest BCUT2D eigenvalue weighted by Gasteiger charge is -2.09. The normalized spacial score (nSPS) is 12.3. The van der Waals surface area contributed by atoms with Crippen LogP contribution in [0.1, 0.15) is 35.0 Å². The van der Waals surface area contributed by atoms with Crippen molar-refractivity contribution in [2.45, 2.75) is 19.5 Å². The molecule has 0 fully saturated rings. The summed E-state index contributed by atoms with van der Waals surface area (Å²) in [5, 5.41) is 6.80. The van der Waals surface area contributed by atoms with E-state index in [0.717, 1.165) is 5.76 Å². The van der Waals surface area contributed by atoms with Gasteiger partial charge in [-0.25, -0.2) is 4.79 Å². The van der Waals surface area contributed by atoms with Gasteiger partial charge >= 0.3 is 5.97 Å². The molecule has 1 unspecified atom stereocenters. The maximum absolute atomic E-state index is 11.2. The summed E-state index contributed by atoms with van der Waals surface area (Å²) in [6, 6.07) is 5.06. The van der Waals surface area contributed by atoms with Crippen LogP contribution in [0.25, 0.3) is 0 Å². The van der Waals surface area contributed by atoms with Gasteiger partial charge in [0.25, 0.3) is 0 Å². The summed E-state index contributed by atoms with van der Waals surface area (Å²) >= 11 is 0. The molecule has 2 aromatic heterocycles. The molecule has 0 aliphatic carbocycles. The molecular weight excluding hydrogens is 236 g/mol. The molecule has 0 spiro atoms. The number of ether oxygens (including phenoxy) is 1. The number of rotatable bonds is 5. The second-order valence-electron chi connectivity index (χ2n) is 3.77.